The van der Waals surface area contributed by atoms with Crippen LogP contribution in [0.25, 0.3) is 22.7 Å². The number of benzene rings is 2. The molecular formula is C31H29F3N4O6. The van der Waals surface area contributed by atoms with Gasteiger partial charge in [-0.1, -0.05) is 22.4 Å². The topological polar surface area (TPSA) is 124 Å². The molecular weight excluding hydrogens is 581 g/mol. The SMILES string of the molecule is Cc1cc(C(=O)O)cc(-c2nnc(N3[C@@H]4CC[C@H]3CC(OCc3c(-c5ccccc5OC(F)(F)F)noc3C3CC3)C4)o2)c1. The van der Waals surface area contributed by atoms with Crippen LogP contribution >= 0.6 is 0 Å². The minimum absolute atomic E-state index is 0.0995. The number of carboxylic acid groups (broad SMARTS) is 1. The number of nitrogens with zero attached hydrogens (tertiary/aromatic N) is 4. The van der Waals surface area contributed by atoms with Crippen LogP contribution in [-0.2, 0) is 11.3 Å². The molecule has 1 N–H and O–H groups in total. The van der Waals surface area contributed by atoms with E-state index in [1.165, 1.54) is 24.3 Å². The van der Waals surface area contributed by atoms with Gasteiger partial charge in [0.15, 0.2) is 0 Å². The van der Waals surface area contributed by atoms with E-state index in [0.29, 0.717) is 41.4 Å². The second-order valence-electron chi connectivity index (χ2n) is 11.7. The zero-order valence-corrected chi connectivity index (χ0v) is 23.7. The highest BCUT2D eigenvalue weighted by molar-refractivity contribution is 5.89. The zero-order chi connectivity index (χ0) is 30.6. The molecule has 13 heteroatoms. The van der Waals surface area contributed by atoms with Crippen molar-refractivity contribution in [3.05, 3.63) is 64.9 Å². The van der Waals surface area contributed by atoms with Gasteiger partial charge < -0.3 is 28.4 Å². The Bertz CT molecular complexity index is 1680. The molecule has 2 aromatic carbocycles. The van der Waals surface area contributed by atoms with Crippen LogP contribution in [0.1, 0.15) is 71.7 Å². The van der Waals surface area contributed by atoms with Gasteiger partial charge >= 0.3 is 18.3 Å². The molecule has 10 nitrogen and oxygen atoms in total. The summed E-state index contributed by atoms with van der Waals surface area (Å²) in [4.78, 5) is 13.6. The van der Waals surface area contributed by atoms with Gasteiger partial charge in [-0.15, -0.1) is 18.3 Å². The number of aromatic carboxylic acids is 1. The summed E-state index contributed by atoms with van der Waals surface area (Å²) in [6, 6.07) is 11.4. The number of hydrogen-bond acceptors (Lipinski definition) is 9. The van der Waals surface area contributed by atoms with Crippen molar-refractivity contribution >= 4 is 12.0 Å². The quantitative estimate of drug-likeness (QED) is 0.214. The average molecular weight is 611 g/mol. The summed E-state index contributed by atoms with van der Waals surface area (Å²) in [5.74, 6) is -0.285. The van der Waals surface area contributed by atoms with Crippen LogP contribution in [0.4, 0.5) is 19.2 Å². The Balaban J connectivity index is 1.07. The Morgan fingerprint density at radius 2 is 1.82 bits per heavy atom. The number of aryl methyl sites for hydroxylation is 1. The molecule has 44 heavy (non-hydrogen) atoms. The van der Waals surface area contributed by atoms with Crippen molar-refractivity contribution in [3.63, 3.8) is 0 Å². The fourth-order valence-electron chi connectivity index (χ4n) is 6.46. The highest BCUT2D eigenvalue weighted by Gasteiger charge is 2.44. The molecule has 7 rings (SSSR count). The molecule has 1 unspecified atom stereocenters. The first kappa shape index (κ1) is 28.4. The van der Waals surface area contributed by atoms with Crippen molar-refractivity contribution in [2.45, 2.75) is 82.5 Å². The van der Waals surface area contributed by atoms with Crippen molar-refractivity contribution < 1.29 is 41.5 Å². The molecule has 3 fully saturated rings. The third-order valence-corrected chi connectivity index (χ3v) is 8.49. The highest BCUT2D eigenvalue weighted by atomic mass is 19.4. The number of hydrogen-bond donors (Lipinski definition) is 1. The number of piperidine rings is 1. The smallest absolute Gasteiger partial charge is 0.478 e. The first-order valence-electron chi connectivity index (χ1n) is 14.6. The minimum atomic E-state index is -4.84. The second kappa shape index (κ2) is 11.0. The fraction of sp³-hybridized carbons (Fsp3) is 0.419. The standard InChI is InChI=1S/C31H29F3N4O6/c1-16-10-18(12-19(11-16)29(39)40)28-35-36-30(42-28)38-20-8-9-21(38)14-22(13-20)41-15-24-26(37-44-27(24)17-6-7-17)23-4-2-3-5-25(23)43-31(32,33)34/h2-5,10-12,17,20-22H,6-9,13-15H2,1H3,(H,39,40)/t20-,21+,22?. The lowest BCUT2D eigenvalue weighted by atomic mass is 9.99. The Labute approximate surface area is 249 Å². The molecule has 1 saturated carbocycles. The molecule has 2 aromatic heterocycles. The predicted molar refractivity (Wildman–Crippen MR) is 149 cm³/mol. The molecule has 2 saturated heterocycles. The highest BCUT2D eigenvalue weighted by Crippen LogP contribution is 2.46. The summed E-state index contributed by atoms with van der Waals surface area (Å²) in [5.41, 5.74) is 2.62. The van der Waals surface area contributed by atoms with Gasteiger partial charge in [-0.05, 0) is 81.3 Å². The summed E-state index contributed by atoms with van der Waals surface area (Å²) >= 11 is 0. The molecule has 2 bridgehead atoms. The number of halogens is 3. The Hall–Kier alpha value is -4.39. The summed E-state index contributed by atoms with van der Waals surface area (Å²) in [7, 11) is 0. The summed E-state index contributed by atoms with van der Waals surface area (Å²) in [6.45, 7) is 1.96. The van der Waals surface area contributed by atoms with E-state index in [1.54, 1.807) is 18.2 Å². The van der Waals surface area contributed by atoms with Gasteiger partial charge in [0.25, 0.3) is 0 Å². The van der Waals surface area contributed by atoms with E-state index in [4.69, 9.17) is 13.7 Å². The van der Waals surface area contributed by atoms with Gasteiger partial charge in [0.1, 0.15) is 17.2 Å². The molecule has 1 aliphatic carbocycles. The van der Waals surface area contributed by atoms with Gasteiger partial charge in [-0.2, -0.15) is 0 Å². The number of para-hydroxylation sites is 1. The number of carboxylic acids is 1. The molecule has 3 atom stereocenters. The van der Waals surface area contributed by atoms with Crippen LogP contribution in [0.5, 0.6) is 5.75 Å². The summed E-state index contributed by atoms with van der Waals surface area (Å²) in [5, 5.41) is 22.1. The lowest BCUT2D eigenvalue weighted by molar-refractivity contribution is -0.274. The van der Waals surface area contributed by atoms with E-state index in [1.807, 2.05) is 6.92 Å². The lowest BCUT2D eigenvalue weighted by Gasteiger charge is -2.37. The third kappa shape index (κ3) is 5.63. The number of alkyl halides is 3. The molecule has 0 amide bonds. The Morgan fingerprint density at radius 1 is 1.07 bits per heavy atom. The summed E-state index contributed by atoms with van der Waals surface area (Å²) < 4.78 is 61.8. The van der Waals surface area contributed by atoms with E-state index in [-0.39, 0.29) is 53.5 Å². The third-order valence-electron chi connectivity index (χ3n) is 8.49. The van der Waals surface area contributed by atoms with Gasteiger partial charge in [0, 0.05) is 34.7 Å². The van der Waals surface area contributed by atoms with E-state index in [0.717, 1.165) is 31.2 Å². The fourth-order valence-corrected chi connectivity index (χ4v) is 6.46. The van der Waals surface area contributed by atoms with Crippen molar-refractivity contribution in [1.29, 1.82) is 0 Å². The van der Waals surface area contributed by atoms with Crippen molar-refractivity contribution in [3.8, 4) is 28.5 Å². The first-order chi connectivity index (χ1) is 21.1. The van der Waals surface area contributed by atoms with Crippen molar-refractivity contribution in [2.24, 2.45) is 0 Å². The van der Waals surface area contributed by atoms with Crippen molar-refractivity contribution in [1.82, 2.24) is 15.4 Å². The van der Waals surface area contributed by atoms with Crippen LogP contribution in [0.2, 0.25) is 0 Å². The number of carbonyl (C=O) groups is 1. The maximum atomic E-state index is 13.1. The van der Waals surface area contributed by atoms with Crippen LogP contribution in [0, 0.1) is 6.92 Å². The molecule has 4 heterocycles. The van der Waals surface area contributed by atoms with Crippen LogP contribution < -0.4 is 9.64 Å². The van der Waals surface area contributed by atoms with Crippen molar-refractivity contribution in [2.75, 3.05) is 4.90 Å². The first-order valence-corrected chi connectivity index (χ1v) is 14.6. The number of fused-ring (bicyclic) bond motifs is 2. The normalized spacial score (nSPS) is 21.5. The molecule has 0 spiro atoms. The molecule has 4 aromatic rings. The maximum absolute atomic E-state index is 13.1. The van der Waals surface area contributed by atoms with Crippen LogP contribution in [0.3, 0.4) is 0 Å². The molecule has 230 valence electrons. The lowest BCUT2D eigenvalue weighted by Crippen LogP contribution is -2.45. The molecule has 3 aliphatic rings. The van der Waals surface area contributed by atoms with Crippen LogP contribution in [0.15, 0.2) is 51.4 Å². The van der Waals surface area contributed by atoms with E-state index < -0.39 is 12.3 Å². The van der Waals surface area contributed by atoms with E-state index in [9.17, 15) is 23.1 Å². The minimum Gasteiger partial charge on any atom is -0.478 e. The van der Waals surface area contributed by atoms with E-state index >= 15 is 0 Å². The average Bonchev–Trinajstić information content (AvgIpc) is 3.43. The Kier molecular flexibility index (Phi) is 7.07. The van der Waals surface area contributed by atoms with Gasteiger partial charge in [0.05, 0.1) is 18.3 Å². The van der Waals surface area contributed by atoms with Gasteiger partial charge in [-0.25, -0.2) is 4.79 Å². The predicted octanol–water partition coefficient (Wildman–Crippen LogP) is 6.89. The Morgan fingerprint density at radius 3 is 2.52 bits per heavy atom. The largest absolute Gasteiger partial charge is 0.573 e. The monoisotopic (exact) mass is 610 g/mol. The number of rotatable bonds is 9. The van der Waals surface area contributed by atoms with E-state index in [2.05, 4.69) is 25.0 Å². The number of ether oxygens (including phenoxy) is 2. The number of anilines is 1. The van der Waals surface area contributed by atoms with Crippen LogP contribution in [-0.4, -0.2) is 51.0 Å². The molecule has 0 radical (unpaired) electrons. The maximum Gasteiger partial charge on any atom is 0.573 e. The second-order valence-corrected chi connectivity index (χ2v) is 11.7. The summed E-state index contributed by atoms with van der Waals surface area (Å²) in [6.07, 6.45) is 0.160. The number of aromatic nitrogens is 3. The zero-order valence-electron chi connectivity index (χ0n) is 23.7. The molecule has 2 aliphatic heterocycles. The van der Waals surface area contributed by atoms with Gasteiger partial charge in [-0.3, -0.25) is 0 Å². The van der Waals surface area contributed by atoms with Gasteiger partial charge in [0.2, 0.25) is 5.89 Å².